The molecule has 1 N–H and O–H groups in total. The van der Waals surface area contributed by atoms with Crippen LogP contribution >= 0.6 is 0 Å². The zero-order valence-corrected chi connectivity index (χ0v) is 13.1. The van der Waals surface area contributed by atoms with Crippen LogP contribution in [0.15, 0.2) is 0 Å². The number of imide groups is 1. The largest absolute Gasteiger partial charge is 0.329 e. The van der Waals surface area contributed by atoms with Gasteiger partial charge in [-0.15, -0.1) is 0 Å². The summed E-state index contributed by atoms with van der Waals surface area (Å²) in [4.78, 5) is 31.2. The number of urea groups is 1. The van der Waals surface area contributed by atoms with Crippen LogP contribution in [0.1, 0.15) is 24.5 Å². The highest BCUT2D eigenvalue weighted by atomic mass is 16.2. The first-order chi connectivity index (χ1) is 10.5. The Morgan fingerprint density at radius 2 is 2.09 bits per heavy atom. The van der Waals surface area contributed by atoms with Gasteiger partial charge < -0.3 is 5.32 Å². The normalized spacial score (nSPS) is 22.6. The molecule has 2 aliphatic rings. The minimum atomic E-state index is -0.275. The van der Waals surface area contributed by atoms with Gasteiger partial charge in [0.1, 0.15) is 11.6 Å². The Hall–Kier alpha value is -1.96. The van der Waals surface area contributed by atoms with Crippen molar-refractivity contribution in [2.45, 2.75) is 39.3 Å². The molecule has 8 nitrogen and oxygen atoms in total. The average molecular weight is 306 g/mol. The summed E-state index contributed by atoms with van der Waals surface area (Å²) in [5.41, 5.74) is 0. The molecule has 1 aromatic heterocycles. The van der Waals surface area contributed by atoms with Crippen molar-refractivity contribution >= 4 is 11.9 Å². The van der Waals surface area contributed by atoms with E-state index in [0.717, 1.165) is 44.1 Å². The number of hydrogen-bond acceptors (Lipinski definition) is 5. The number of aromatic nitrogens is 3. The molecular formula is C14H22N6O2. The van der Waals surface area contributed by atoms with Crippen LogP contribution in [0.2, 0.25) is 0 Å². The summed E-state index contributed by atoms with van der Waals surface area (Å²) in [5.74, 6) is 1.59. The van der Waals surface area contributed by atoms with Crippen LogP contribution in [0.25, 0.3) is 0 Å². The smallest absolute Gasteiger partial charge is 0.324 e. The number of nitrogens with one attached hydrogen (secondary N) is 1. The monoisotopic (exact) mass is 306 g/mol. The Kier molecular flexibility index (Phi) is 4.10. The molecule has 22 heavy (non-hydrogen) atoms. The minimum absolute atomic E-state index is 0.125. The maximum atomic E-state index is 11.6. The second kappa shape index (κ2) is 6.04. The van der Waals surface area contributed by atoms with Crippen molar-refractivity contribution < 1.29 is 9.59 Å². The number of rotatable bonds is 5. The maximum Gasteiger partial charge on any atom is 0.324 e. The Labute approximate surface area is 129 Å². The van der Waals surface area contributed by atoms with Crippen molar-refractivity contribution in [1.29, 1.82) is 0 Å². The zero-order chi connectivity index (χ0) is 15.7. The second-order valence-corrected chi connectivity index (χ2v) is 5.92. The zero-order valence-electron chi connectivity index (χ0n) is 13.1. The molecule has 2 aliphatic heterocycles. The van der Waals surface area contributed by atoms with E-state index in [2.05, 4.69) is 20.3 Å². The summed E-state index contributed by atoms with van der Waals surface area (Å²) in [5, 5.41) is 6.97. The maximum absolute atomic E-state index is 11.6. The highest BCUT2D eigenvalue weighted by Crippen LogP contribution is 2.19. The van der Waals surface area contributed by atoms with Crippen LogP contribution in [0.3, 0.4) is 0 Å². The van der Waals surface area contributed by atoms with Crippen LogP contribution in [0.4, 0.5) is 4.79 Å². The van der Waals surface area contributed by atoms with Gasteiger partial charge >= 0.3 is 6.03 Å². The molecule has 0 saturated carbocycles. The van der Waals surface area contributed by atoms with Crippen molar-refractivity contribution in [3.05, 3.63) is 11.6 Å². The third-order valence-corrected chi connectivity index (χ3v) is 4.39. The van der Waals surface area contributed by atoms with Gasteiger partial charge in [0, 0.05) is 19.1 Å². The molecule has 3 rings (SSSR count). The van der Waals surface area contributed by atoms with E-state index in [1.54, 1.807) is 0 Å². The molecule has 1 unspecified atom stereocenters. The standard InChI is InChI=1S/C14H22N6O2/c1-10-16-11(2)20(17-10)9-12-4-3-5-18(12)6-7-19-13(21)8-15-14(19)22/h12H,3-9H2,1-2H3,(H,15,22). The third-order valence-electron chi connectivity index (χ3n) is 4.39. The van der Waals surface area contributed by atoms with E-state index in [0.29, 0.717) is 12.6 Å². The Morgan fingerprint density at radius 1 is 1.27 bits per heavy atom. The van der Waals surface area contributed by atoms with Crippen molar-refractivity contribution in [3.8, 4) is 0 Å². The molecule has 3 amide bonds. The Bertz CT molecular complexity index is 568. The van der Waals surface area contributed by atoms with Gasteiger partial charge in [-0.25, -0.2) is 14.5 Å². The summed E-state index contributed by atoms with van der Waals surface area (Å²) in [6.07, 6.45) is 2.25. The summed E-state index contributed by atoms with van der Waals surface area (Å²) in [6.45, 7) is 6.97. The van der Waals surface area contributed by atoms with Gasteiger partial charge in [0.25, 0.3) is 0 Å². The van der Waals surface area contributed by atoms with E-state index in [9.17, 15) is 9.59 Å². The quantitative estimate of drug-likeness (QED) is 0.769. The Morgan fingerprint density at radius 3 is 2.73 bits per heavy atom. The van der Waals surface area contributed by atoms with E-state index in [1.807, 2.05) is 18.5 Å². The predicted molar refractivity (Wildman–Crippen MR) is 79.2 cm³/mol. The molecular weight excluding hydrogens is 284 g/mol. The molecule has 2 fully saturated rings. The number of aryl methyl sites for hydroxylation is 2. The molecule has 3 heterocycles. The highest BCUT2D eigenvalue weighted by Gasteiger charge is 2.31. The Balaban J connectivity index is 1.58. The van der Waals surface area contributed by atoms with Gasteiger partial charge in [0.05, 0.1) is 13.1 Å². The summed E-state index contributed by atoms with van der Waals surface area (Å²) in [6, 6.07) is 0.115. The van der Waals surface area contributed by atoms with E-state index in [1.165, 1.54) is 4.90 Å². The van der Waals surface area contributed by atoms with E-state index in [4.69, 9.17) is 0 Å². The first kappa shape index (κ1) is 15.0. The van der Waals surface area contributed by atoms with Crippen molar-refractivity contribution in [2.75, 3.05) is 26.2 Å². The summed E-state index contributed by atoms with van der Waals surface area (Å²) < 4.78 is 1.95. The number of carbonyl (C=O) groups is 2. The molecule has 1 aromatic rings. The van der Waals surface area contributed by atoms with Crippen LogP contribution < -0.4 is 5.32 Å². The first-order valence-electron chi connectivity index (χ1n) is 7.75. The second-order valence-electron chi connectivity index (χ2n) is 5.92. The molecule has 8 heteroatoms. The number of likely N-dealkylation sites (tertiary alicyclic amines) is 1. The minimum Gasteiger partial charge on any atom is -0.329 e. The number of amides is 3. The lowest BCUT2D eigenvalue weighted by atomic mass is 10.2. The van der Waals surface area contributed by atoms with Crippen LogP contribution in [0, 0.1) is 13.8 Å². The predicted octanol–water partition coefficient (Wildman–Crippen LogP) is -0.0889. The lowest BCUT2D eigenvalue weighted by Crippen LogP contribution is -2.41. The third kappa shape index (κ3) is 2.96. The lowest BCUT2D eigenvalue weighted by molar-refractivity contribution is -0.125. The molecule has 0 radical (unpaired) electrons. The molecule has 0 aliphatic carbocycles. The molecule has 1 atom stereocenters. The van der Waals surface area contributed by atoms with Crippen molar-refractivity contribution in [3.63, 3.8) is 0 Å². The fraction of sp³-hybridized carbons (Fsp3) is 0.714. The molecule has 0 bridgehead atoms. The van der Waals surface area contributed by atoms with Crippen molar-refractivity contribution in [1.82, 2.24) is 29.9 Å². The fourth-order valence-corrected chi connectivity index (χ4v) is 3.24. The molecule has 0 aromatic carbocycles. The first-order valence-corrected chi connectivity index (χ1v) is 7.75. The fourth-order valence-electron chi connectivity index (χ4n) is 3.24. The number of nitrogens with zero attached hydrogens (tertiary/aromatic N) is 5. The number of hydrogen-bond donors (Lipinski definition) is 1. The van der Waals surface area contributed by atoms with Gasteiger partial charge in [-0.1, -0.05) is 0 Å². The molecule has 120 valence electrons. The van der Waals surface area contributed by atoms with Crippen LogP contribution in [-0.2, 0) is 11.3 Å². The van der Waals surface area contributed by atoms with Crippen LogP contribution in [0.5, 0.6) is 0 Å². The van der Waals surface area contributed by atoms with E-state index >= 15 is 0 Å². The lowest BCUT2D eigenvalue weighted by Gasteiger charge is -2.26. The van der Waals surface area contributed by atoms with Gasteiger partial charge in [0.15, 0.2) is 0 Å². The average Bonchev–Trinajstić information content (AvgIpc) is 3.12. The topological polar surface area (TPSA) is 83.4 Å². The summed E-state index contributed by atoms with van der Waals surface area (Å²) in [7, 11) is 0. The SMILES string of the molecule is Cc1nc(C)n(CC2CCCN2CCN2C(=O)CNC2=O)n1. The summed E-state index contributed by atoms with van der Waals surface area (Å²) >= 11 is 0. The van der Waals surface area contributed by atoms with Gasteiger partial charge in [-0.05, 0) is 33.2 Å². The number of carbonyl (C=O) groups excluding carboxylic acids is 2. The van der Waals surface area contributed by atoms with Gasteiger partial charge in [0.2, 0.25) is 5.91 Å². The van der Waals surface area contributed by atoms with Gasteiger partial charge in [-0.2, -0.15) is 5.10 Å². The van der Waals surface area contributed by atoms with Gasteiger partial charge in [-0.3, -0.25) is 14.6 Å². The highest BCUT2D eigenvalue weighted by molar-refractivity contribution is 6.01. The van der Waals surface area contributed by atoms with Crippen molar-refractivity contribution in [2.24, 2.45) is 0 Å². The molecule has 0 spiro atoms. The van der Waals surface area contributed by atoms with E-state index in [-0.39, 0.29) is 18.5 Å². The molecule has 2 saturated heterocycles. The van der Waals surface area contributed by atoms with E-state index < -0.39 is 0 Å². The van der Waals surface area contributed by atoms with Crippen LogP contribution in [-0.4, -0.2) is 68.7 Å².